The Morgan fingerprint density at radius 1 is 0.955 bits per heavy atom. The summed E-state index contributed by atoms with van der Waals surface area (Å²) in [6.07, 6.45) is 1.91. The SMILES string of the molecule is Cc1cc2ncn(-c3cc(Br)cc(C(C)(C)C)c3)c2cc1C. The van der Waals surface area contributed by atoms with Crippen molar-refractivity contribution in [1.29, 1.82) is 0 Å². The molecule has 0 aliphatic rings. The molecule has 114 valence electrons. The number of rotatable bonds is 1. The number of aryl methyl sites for hydroxylation is 2. The second-order valence-electron chi connectivity index (χ2n) is 6.99. The third kappa shape index (κ3) is 2.70. The van der Waals surface area contributed by atoms with Gasteiger partial charge in [-0.2, -0.15) is 0 Å². The minimum atomic E-state index is 0.113. The zero-order valence-electron chi connectivity index (χ0n) is 13.7. The molecule has 0 bridgehead atoms. The Kier molecular flexibility index (Phi) is 3.64. The van der Waals surface area contributed by atoms with E-state index in [4.69, 9.17) is 0 Å². The summed E-state index contributed by atoms with van der Waals surface area (Å²) in [6, 6.07) is 11.0. The van der Waals surface area contributed by atoms with Crippen LogP contribution in [-0.2, 0) is 5.41 Å². The predicted molar refractivity (Wildman–Crippen MR) is 96.9 cm³/mol. The number of hydrogen-bond acceptors (Lipinski definition) is 1. The summed E-state index contributed by atoms with van der Waals surface area (Å²) in [5.74, 6) is 0. The minimum absolute atomic E-state index is 0.113. The summed E-state index contributed by atoms with van der Waals surface area (Å²) in [5.41, 5.74) is 7.33. The number of fused-ring (bicyclic) bond motifs is 1. The molecule has 3 aromatic rings. The van der Waals surface area contributed by atoms with Gasteiger partial charge in [0.15, 0.2) is 0 Å². The second kappa shape index (κ2) is 5.24. The second-order valence-corrected chi connectivity index (χ2v) is 7.90. The number of nitrogens with zero attached hydrogens (tertiary/aromatic N) is 2. The highest BCUT2D eigenvalue weighted by molar-refractivity contribution is 9.10. The Labute approximate surface area is 140 Å². The monoisotopic (exact) mass is 356 g/mol. The van der Waals surface area contributed by atoms with E-state index < -0.39 is 0 Å². The first-order chi connectivity index (χ1) is 10.3. The molecule has 0 fully saturated rings. The van der Waals surface area contributed by atoms with Crippen LogP contribution in [0.2, 0.25) is 0 Å². The van der Waals surface area contributed by atoms with E-state index in [1.807, 2.05) is 6.33 Å². The van der Waals surface area contributed by atoms with E-state index in [1.54, 1.807) is 0 Å². The molecule has 0 unspecified atom stereocenters. The molecule has 1 heterocycles. The Morgan fingerprint density at radius 2 is 1.64 bits per heavy atom. The predicted octanol–water partition coefficient (Wildman–Crippen LogP) is 5.70. The van der Waals surface area contributed by atoms with Gasteiger partial charge in [0.05, 0.1) is 11.0 Å². The topological polar surface area (TPSA) is 17.8 Å². The van der Waals surface area contributed by atoms with Gasteiger partial charge in [-0.3, -0.25) is 4.57 Å². The molecule has 0 radical (unpaired) electrons. The van der Waals surface area contributed by atoms with Crippen LogP contribution in [0.25, 0.3) is 16.7 Å². The number of benzene rings is 2. The van der Waals surface area contributed by atoms with Crippen molar-refractivity contribution in [1.82, 2.24) is 9.55 Å². The molecule has 3 heteroatoms. The fourth-order valence-electron chi connectivity index (χ4n) is 2.62. The van der Waals surface area contributed by atoms with E-state index in [1.165, 1.54) is 16.7 Å². The van der Waals surface area contributed by atoms with E-state index in [-0.39, 0.29) is 5.41 Å². The van der Waals surface area contributed by atoms with Crippen LogP contribution in [0.3, 0.4) is 0 Å². The van der Waals surface area contributed by atoms with Crippen LogP contribution in [0.5, 0.6) is 0 Å². The highest BCUT2D eigenvalue weighted by atomic mass is 79.9. The van der Waals surface area contributed by atoms with Crippen molar-refractivity contribution >= 4 is 27.0 Å². The Balaban J connectivity index is 2.24. The van der Waals surface area contributed by atoms with Crippen molar-refractivity contribution in [2.45, 2.75) is 40.0 Å². The van der Waals surface area contributed by atoms with Gasteiger partial charge in [-0.15, -0.1) is 0 Å². The summed E-state index contributed by atoms with van der Waals surface area (Å²) in [6.45, 7) is 11.0. The van der Waals surface area contributed by atoms with Crippen molar-refractivity contribution in [2.24, 2.45) is 0 Å². The van der Waals surface area contributed by atoms with Crippen LogP contribution in [0.4, 0.5) is 0 Å². The molecule has 3 rings (SSSR count). The van der Waals surface area contributed by atoms with Gasteiger partial charge < -0.3 is 0 Å². The molecular formula is C19H21BrN2. The molecule has 0 saturated carbocycles. The van der Waals surface area contributed by atoms with Gasteiger partial charge in [0, 0.05) is 10.2 Å². The summed E-state index contributed by atoms with van der Waals surface area (Å²) in [7, 11) is 0. The van der Waals surface area contributed by atoms with Gasteiger partial charge in [-0.25, -0.2) is 4.98 Å². The summed E-state index contributed by atoms with van der Waals surface area (Å²) in [4.78, 5) is 4.57. The van der Waals surface area contributed by atoms with Crippen LogP contribution in [-0.4, -0.2) is 9.55 Å². The van der Waals surface area contributed by atoms with E-state index in [2.05, 4.69) is 90.4 Å². The van der Waals surface area contributed by atoms with Crippen LogP contribution in [0, 0.1) is 13.8 Å². The van der Waals surface area contributed by atoms with Gasteiger partial charge >= 0.3 is 0 Å². The molecule has 0 aliphatic carbocycles. The number of hydrogen-bond donors (Lipinski definition) is 0. The highest BCUT2D eigenvalue weighted by Crippen LogP contribution is 2.30. The molecule has 0 aliphatic heterocycles. The van der Waals surface area contributed by atoms with Gasteiger partial charge in [0.25, 0.3) is 0 Å². The third-order valence-electron chi connectivity index (χ3n) is 4.19. The molecule has 2 aromatic carbocycles. The quantitative estimate of drug-likeness (QED) is 0.546. The van der Waals surface area contributed by atoms with Crippen LogP contribution >= 0.6 is 15.9 Å². The molecule has 0 amide bonds. The number of imidazole rings is 1. The zero-order chi connectivity index (χ0) is 16.1. The van der Waals surface area contributed by atoms with E-state index in [0.29, 0.717) is 0 Å². The maximum Gasteiger partial charge on any atom is 0.100 e. The van der Waals surface area contributed by atoms with Crippen LogP contribution in [0.1, 0.15) is 37.5 Å². The van der Waals surface area contributed by atoms with Crippen molar-refractivity contribution in [2.75, 3.05) is 0 Å². The standard InChI is InChI=1S/C19H21BrN2/c1-12-6-17-18(7-13(12)2)22(11-21-17)16-9-14(19(3,4)5)8-15(20)10-16/h6-11H,1-5H3. The Hall–Kier alpha value is -1.61. The number of halogens is 1. The van der Waals surface area contributed by atoms with E-state index in [9.17, 15) is 0 Å². The third-order valence-corrected chi connectivity index (χ3v) is 4.65. The average Bonchev–Trinajstić information content (AvgIpc) is 2.80. The van der Waals surface area contributed by atoms with Gasteiger partial charge in [0.2, 0.25) is 0 Å². The lowest BCUT2D eigenvalue weighted by Crippen LogP contribution is -2.11. The van der Waals surface area contributed by atoms with E-state index >= 15 is 0 Å². The first-order valence-electron chi connectivity index (χ1n) is 7.51. The molecule has 0 atom stereocenters. The molecule has 1 aromatic heterocycles. The smallest absolute Gasteiger partial charge is 0.100 e. The fraction of sp³-hybridized carbons (Fsp3) is 0.316. The summed E-state index contributed by atoms with van der Waals surface area (Å²) in [5, 5.41) is 0. The maximum atomic E-state index is 4.57. The maximum absolute atomic E-state index is 4.57. The van der Waals surface area contributed by atoms with Crippen molar-refractivity contribution in [3.8, 4) is 5.69 Å². The molecular weight excluding hydrogens is 336 g/mol. The lowest BCUT2D eigenvalue weighted by atomic mass is 9.87. The van der Waals surface area contributed by atoms with Gasteiger partial charge in [0.1, 0.15) is 6.33 Å². The van der Waals surface area contributed by atoms with Crippen LogP contribution in [0.15, 0.2) is 41.1 Å². The summed E-state index contributed by atoms with van der Waals surface area (Å²) < 4.78 is 3.27. The number of aromatic nitrogens is 2. The lowest BCUT2D eigenvalue weighted by molar-refractivity contribution is 0.589. The highest BCUT2D eigenvalue weighted by Gasteiger charge is 2.16. The molecule has 22 heavy (non-hydrogen) atoms. The first-order valence-corrected chi connectivity index (χ1v) is 8.31. The largest absolute Gasteiger partial charge is 0.299 e. The lowest BCUT2D eigenvalue weighted by Gasteiger charge is -2.21. The minimum Gasteiger partial charge on any atom is -0.299 e. The van der Waals surface area contributed by atoms with Gasteiger partial charge in [-0.1, -0.05) is 36.7 Å². The average molecular weight is 357 g/mol. The van der Waals surface area contributed by atoms with Crippen LogP contribution < -0.4 is 0 Å². The molecule has 2 nitrogen and oxygen atoms in total. The fourth-order valence-corrected chi connectivity index (χ4v) is 3.10. The van der Waals surface area contributed by atoms with Crippen molar-refractivity contribution in [3.63, 3.8) is 0 Å². The molecule has 0 saturated heterocycles. The first kappa shape index (κ1) is 15.3. The van der Waals surface area contributed by atoms with Crippen molar-refractivity contribution < 1.29 is 0 Å². The molecule has 0 N–H and O–H groups in total. The molecule has 0 spiro atoms. The normalized spacial score (nSPS) is 12.1. The van der Waals surface area contributed by atoms with Crippen molar-refractivity contribution in [3.05, 3.63) is 57.8 Å². The zero-order valence-corrected chi connectivity index (χ0v) is 15.3. The Bertz CT molecular complexity index is 854. The Morgan fingerprint density at radius 3 is 2.32 bits per heavy atom. The summed E-state index contributed by atoms with van der Waals surface area (Å²) >= 11 is 3.65. The van der Waals surface area contributed by atoms with Gasteiger partial charge in [-0.05, 0) is 66.3 Å². The van der Waals surface area contributed by atoms with E-state index in [0.717, 1.165) is 21.2 Å².